The highest BCUT2D eigenvalue weighted by molar-refractivity contribution is 5.90. The number of anilines is 1. The summed E-state index contributed by atoms with van der Waals surface area (Å²) in [4.78, 5) is 33.7. The van der Waals surface area contributed by atoms with E-state index in [9.17, 15) is 9.59 Å². The minimum atomic E-state index is -0.600. The molecule has 1 fully saturated rings. The highest BCUT2D eigenvalue weighted by atomic mass is 16.2. The van der Waals surface area contributed by atoms with Crippen molar-refractivity contribution in [1.82, 2.24) is 20.5 Å². The molecule has 2 heterocycles. The molecule has 36 heavy (non-hydrogen) atoms. The zero-order chi connectivity index (χ0) is 25.5. The predicted octanol–water partition coefficient (Wildman–Crippen LogP) is 3.49. The molecule has 1 aliphatic heterocycles. The Morgan fingerprint density at radius 2 is 1.78 bits per heavy atom. The van der Waals surface area contributed by atoms with Crippen molar-refractivity contribution in [2.75, 3.05) is 44.2 Å². The summed E-state index contributed by atoms with van der Waals surface area (Å²) >= 11 is 0. The fourth-order valence-electron chi connectivity index (χ4n) is 4.76. The Kier molecular flexibility index (Phi) is 8.65. The summed E-state index contributed by atoms with van der Waals surface area (Å²) < 4.78 is 0. The van der Waals surface area contributed by atoms with Gasteiger partial charge in [-0.2, -0.15) is 0 Å². The van der Waals surface area contributed by atoms with Crippen LogP contribution in [-0.4, -0.2) is 67.0 Å². The number of hydrogen-bond acceptors (Lipinski definition) is 4. The minimum absolute atomic E-state index is 0.110. The summed E-state index contributed by atoms with van der Waals surface area (Å²) in [5.41, 5.74) is 4.65. The van der Waals surface area contributed by atoms with E-state index in [1.807, 2.05) is 44.3 Å². The first-order valence-electron chi connectivity index (χ1n) is 13.1. The summed E-state index contributed by atoms with van der Waals surface area (Å²) in [5.74, 6) is -0.415. The number of para-hydroxylation sites is 1. The van der Waals surface area contributed by atoms with Crippen molar-refractivity contribution in [3.8, 4) is 0 Å². The van der Waals surface area contributed by atoms with Crippen molar-refractivity contribution >= 4 is 28.4 Å². The van der Waals surface area contributed by atoms with E-state index in [0.29, 0.717) is 13.0 Å². The van der Waals surface area contributed by atoms with Crippen LogP contribution in [0.4, 0.5) is 5.69 Å². The monoisotopic (exact) mass is 489 g/mol. The molecule has 1 unspecified atom stereocenters. The molecular weight excluding hydrogens is 450 g/mol. The zero-order valence-corrected chi connectivity index (χ0v) is 21.7. The van der Waals surface area contributed by atoms with E-state index < -0.39 is 6.04 Å². The number of nitrogens with one attached hydrogen (secondary N) is 3. The highest BCUT2D eigenvalue weighted by Gasteiger charge is 2.24. The van der Waals surface area contributed by atoms with Gasteiger partial charge in [0.25, 0.3) is 0 Å². The molecule has 7 nitrogen and oxygen atoms in total. The maximum Gasteiger partial charge on any atom is 0.242 e. The summed E-state index contributed by atoms with van der Waals surface area (Å²) in [5, 5.41) is 7.10. The Balaban J connectivity index is 1.25. The lowest BCUT2D eigenvalue weighted by Gasteiger charge is -2.36. The van der Waals surface area contributed by atoms with Crippen molar-refractivity contribution in [3.05, 3.63) is 65.9 Å². The van der Waals surface area contributed by atoms with Crippen LogP contribution in [0.1, 0.15) is 31.4 Å². The Hall–Kier alpha value is -3.32. The van der Waals surface area contributed by atoms with Crippen molar-refractivity contribution in [1.29, 1.82) is 0 Å². The van der Waals surface area contributed by atoms with Gasteiger partial charge in [-0.3, -0.25) is 14.5 Å². The van der Waals surface area contributed by atoms with Gasteiger partial charge in [0, 0.05) is 67.8 Å². The van der Waals surface area contributed by atoms with Gasteiger partial charge >= 0.3 is 0 Å². The number of rotatable bonds is 10. The molecule has 3 N–H and O–H groups in total. The number of aromatic amines is 1. The van der Waals surface area contributed by atoms with Gasteiger partial charge in [0.15, 0.2) is 0 Å². The number of aryl methyl sites for hydroxylation is 1. The molecule has 1 atom stereocenters. The second-order valence-corrected chi connectivity index (χ2v) is 10.1. The molecule has 0 spiro atoms. The van der Waals surface area contributed by atoms with Crippen molar-refractivity contribution in [2.24, 2.45) is 5.92 Å². The van der Waals surface area contributed by atoms with Crippen molar-refractivity contribution in [2.45, 2.75) is 39.7 Å². The summed E-state index contributed by atoms with van der Waals surface area (Å²) in [6.45, 7) is 11.4. The van der Waals surface area contributed by atoms with Gasteiger partial charge in [-0.05, 0) is 49.2 Å². The van der Waals surface area contributed by atoms with Gasteiger partial charge in [-0.1, -0.05) is 44.2 Å². The average Bonchev–Trinajstić information content (AvgIpc) is 3.29. The lowest BCUT2D eigenvalue weighted by Crippen LogP contribution is -2.50. The number of nitrogens with zero attached hydrogens (tertiary/aromatic N) is 2. The Morgan fingerprint density at radius 3 is 2.53 bits per heavy atom. The number of H-pyrrole nitrogens is 1. The molecule has 0 radical (unpaired) electrons. The first-order valence-corrected chi connectivity index (χ1v) is 13.1. The van der Waals surface area contributed by atoms with E-state index in [-0.39, 0.29) is 17.7 Å². The maximum absolute atomic E-state index is 13.1. The quantitative estimate of drug-likeness (QED) is 0.381. The molecule has 0 bridgehead atoms. The largest absolute Gasteiger partial charge is 0.369 e. The number of piperazine rings is 1. The van der Waals surface area contributed by atoms with Gasteiger partial charge < -0.3 is 20.5 Å². The van der Waals surface area contributed by atoms with Gasteiger partial charge in [-0.25, -0.2) is 0 Å². The molecule has 3 aromatic rings. The first-order chi connectivity index (χ1) is 17.4. The van der Waals surface area contributed by atoms with E-state index in [0.717, 1.165) is 55.6 Å². The lowest BCUT2D eigenvalue weighted by molar-refractivity contribution is -0.130. The van der Waals surface area contributed by atoms with Crippen LogP contribution in [-0.2, 0) is 16.0 Å². The second kappa shape index (κ2) is 12.1. The number of carbonyl (C=O) groups excluding carboxylic acids is 2. The van der Waals surface area contributed by atoms with Crippen LogP contribution in [0.15, 0.2) is 54.7 Å². The average molecular weight is 490 g/mol. The number of benzene rings is 2. The van der Waals surface area contributed by atoms with Gasteiger partial charge in [0.05, 0.1) is 0 Å². The number of amides is 2. The fourth-order valence-corrected chi connectivity index (χ4v) is 4.76. The van der Waals surface area contributed by atoms with Crippen LogP contribution in [0, 0.1) is 12.8 Å². The van der Waals surface area contributed by atoms with E-state index >= 15 is 0 Å². The molecule has 192 valence electrons. The van der Waals surface area contributed by atoms with E-state index in [1.165, 1.54) is 11.3 Å². The topological polar surface area (TPSA) is 80.5 Å². The molecule has 0 saturated carbocycles. The van der Waals surface area contributed by atoms with Crippen LogP contribution in [0.25, 0.3) is 10.9 Å². The van der Waals surface area contributed by atoms with Gasteiger partial charge in [0.2, 0.25) is 11.8 Å². The van der Waals surface area contributed by atoms with E-state index in [2.05, 4.69) is 56.6 Å². The van der Waals surface area contributed by atoms with Gasteiger partial charge in [-0.15, -0.1) is 0 Å². The fraction of sp³-hybridized carbons (Fsp3) is 0.448. The lowest BCUT2D eigenvalue weighted by atomic mass is 10.0. The number of hydrogen-bond donors (Lipinski definition) is 3. The SMILES string of the molecule is Cc1cccc(N2CCN(CCCNC(=O)C(Cc3c[nH]c4ccccc34)NC(=O)C(C)C)CC2)c1. The molecule has 2 aromatic carbocycles. The predicted molar refractivity (Wildman–Crippen MR) is 146 cm³/mol. The smallest absolute Gasteiger partial charge is 0.242 e. The summed E-state index contributed by atoms with van der Waals surface area (Å²) in [6, 6.07) is 16.1. The molecule has 1 aromatic heterocycles. The molecule has 4 rings (SSSR count). The third-order valence-corrected chi connectivity index (χ3v) is 6.95. The molecular formula is C29H39N5O2. The minimum Gasteiger partial charge on any atom is -0.369 e. The van der Waals surface area contributed by atoms with Crippen LogP contribution in [0.5, 0.6) is 0 Å². The van der Waals surface area contributed by atoms with Crippen molar-refractivity contribution < 1.29 is 9.59 Å². The standard InChI is InChI=1S/C29H39N5O2/c1-21(2)28(35)32-27(19-23-20-31-26-11-5-4-10-25(23)26)29(36)30-12-7-13-33-14-16-34(17-15-33)24-9-6-8-22(3)18-24/h4-6,8-11,18,20-21,27,31H,7,12-17,19H2,1-3H3,(H,30,36)(H,32,35). The zero-order valence-electron chi connectivity index (χ0n) is 21.7. The highest BCUT2D eigenvalue weighted by Crippen LogP contribution is 2.20. The third kappa shape index (κ3) is 6.66. The van der Waals surface area contributed by atoms with Gasteiger partial charge in [0.1, 0.15) is 6.04 Å². The Bertz CT molecular complexity index is 1160. The summed E-state index contributed by atoms with van der Waals surface area (Å²) in [6.07, 6.45) is 3.27. The summed E-state index contributed by atoms with van der Waals surface area (Å²) in [7, 11) is 0. The van der Waals surface area contributed by atoms with E-state index in [1.54, 1.807) is 0 Å². The maximum atomic E-state index is 13.1. The van der Waals surface area contributed by atoms with Crippen LogP contribution in [0.3, 0.4) is 0 Å². The number of carbonyl (C=O) groups is 2. The van der Waals surface area contributed by atoms with Crippen LogP contribution >= 0.6 is 0 Å². The number of aromatic nitrogens is 1. The van der Waals surface area contributed by atoms with E-state index in [4.69, 9.17) is 0 Å². The Labute approximate surface area is 214 Å². The second-order valence-electron chi connectivity index (χ2n) is 10.1. The Morgan fingerprint density at radius 1 is 1.00 bits per heavy atom. The first kappa shape index (κ1) is 25.8. The molecule has 7 heteroatoms. The normalized spacial score (nSPS) is 15.3. The molecule has 1 saturated heterocycles. The van der Waals surface area contributed by atoms with Crippen LogP contribution < -0.4 is 15.5 Å². The molecule has 0 aliphatic carbocycles. The molecule has 2 amide bonds. The number of fused-ring (bicyclic) bond motifs is 1. The molecule has 1 aliphatic rings. The van der Waals surface area contributed by atoms with Crippen LogP contribution in [0.2, 0.25) is 0 Å². The third-order valence-electron chi connectivity index (χ3n) is 6.95. The van der Waals surface area contributed by atoms with Crippen molar-refractivity contribution in [3.63, 3.8) is 0 Å².